The fourth-order valence-electron chi connectivity index (χ4n) is 2.55. The number of amides is 1. The maximum Gasteiger partial charge on any atom is 0.308 e. The summed E-state index contributed by atoms with van der Waals surface area (Å²) in [7, 11) is 3.00. The Kier molecular flexibility index (Phi) is 7.99. The van der Waals surface area contributed by atoms with Crippen LogP contribution in [-0.2, 0) is 14.3 Å². The SMILES string of the molecule is COC(=O)C(C)CC(=O)N(C)c1ccc(-c2ccc(C(=N)N)cc2)cc1.Cl. The van der Waals surface area contributed by atoms with Crippen LogP contribution in [0.25, 0.3) is 11.1 Å². The smallest absolute Gasteiger partial charge is 0.308 e. The molecule has 0 radical (unpaired) electrons. The Balaban J connectivity index is 0.00000364. The van der Waals surface area contributed by atoms with Gasteiger partial charge in [-0.3, -0.25) is 15.0 Å². The number of hydrogen-bond acceptors (Lipinski definition) is 4. The molecule has 2 rings (SSSR count). The number of carbonyl (C=O) groups excluding carboxylic acids is 2. The summed E-state index contributed by atoms with van der Waals surface area (Å²) in [6, 6.07) is 15.0. The number of nitrogen functional groups attached to an aromatic ring is 1. The molecule has 2 aromatic carbocycles. The molecule has 0 aliphatic rings. The molecule has 0 bridgehead atoms. The summed E-state index contributed by atoms with van der Waals surface area (Å²) in [5.74, 6) is -0.986. The van der Waals surface area contributed by atoms with Gasteiger partial charge in [0, 0.05) is 24.7 Å². The van der Waals surface area contributed by atoms with Crippen LogP contribution in [0, 0.1) is 11.3 Å². The number of anilines is 1. The number of carbonyl (C=O) groups is 2. The molecule has 0 spiro atoms. The van der Waals surface area contributed by atoms with Gasteiger partial charge >= 0.3 is 5.97 Å². The molecule has 0 fully saturated rings. The number of benzene rings is 2. The van der Waals surface area contributed by atoms with E-state index in [0.717, 1.165) is 16.8 Å². The van der Waals surface area contributed by atoms with E-state index >= 15 is 0 Å². The molecule has 0 saturated carbocycles. The molecule has 7 heteroatoms. The highest BCUT2D eigenvalue weighted by molar-refractivity contribution is 5.96. The van der Waals surface area contributed by atoms with Crippen molar-refractivity contribution in [2.45, 2.75) is 13.3 Å². The van der Waals surface area contributed by atoms with Gasteiger partial charge in [-0.15, -0.1) is 12.4 Å². The van der Waals surface area contributed by atoms with Crippen LogP contribution >= 0.6 is 12.4 Å². The van der Waals surface area contributed by atoms with Crippen LogP contribution in [0.3, 0.4) is 0 Å². The van der Waals surface area contributed by atoms with E-state index in [0.29, 0.717) is 5.56 Å². The van der Waals surface area contributed by atoms with Gasteiger partial charge in [-0.05, 0) is 23.3 Å². The van der Waals surface area contributed by atoms with E-state index in [1.807, 2.05) is 36.4 Å². The zero-order chi connectivity index (χ0) is 19.3. The number of halogens is 1. The van der Waals surface area contributed by atoms with Crippen molar-refractivity contribution >= 4 is 35.8 Å². The van der Waals surface area contributed by atoms with Gasteiger partial charge in [-0.1, -0.05) is 43.3 Å². The number of hydrogen-bond donors (Lipinski definition) is 2. The van der Waals surface area contributed by atoms with Crippen molar-refractivity contribution < 1.29 is 14.3 Å². The fraction of sp³-hybridized carbons (Fsp3) is 0.250. The maximum absolute atomic E-state index is 12.3. The Labute approximate surface area is 165 Å². The Bertz CT molecular complexity index is 804. The summed E-state index contributed by atoms with van der Waals surface area (Å²) in [6.45, 7) is 1.67. The first-order valence-electron chi connectivity index (χ1n) is 8.22. The minimum atomic E-state index is -0.478. The van der Waals surface area contributed by atoms with Crippen LogP contribution in [0.5, 0.6) is 0 Å². The van der Waals surface area contributed by atoms with Crippen LogP contribution in [-0.4, -0.2) is 31.9 Å². The largest absolute Gasteiger partial charge is 0.469 e. The highest BCUT2D eigenvalue weighted by atomic mass is 35.5. The topological polar surface area (TPSA) is 96.5 Å². The van der Waals surface area contributed by atoms with E-state index in [9.17, 15) is 9.59 Å². The third kappa shape index (κ3) is 5.56. The van der Waals surface area contributed by atoms with Crippen molar-refractivity contribution in [2.75, 3.05) is 19.1 Å². The molecule has 0 heterocycles. The molecular formula is C20H24ClN3O3. The van der Waals surface area contributed by atoms with Crippen LogP contribution in [0.15, 0.2) is 48.5 Å². The monoisotopic (exact) mass is 389 g/mol. The number of amidine groups is 1. The molecule has 2 aromatic rings. The Morgan fingerprint density at radius 3 is 2.00 bits per heavy atom. The van der Waals surface area contributed by atoms with Crippen molar-refractivity contribution in [3.8, 4) is 11.1 Å². The first-order chi connectivity index (χ1) is 12.3. The third-order valence-corrected chi connectivity index (χ3v) is 4.24. The summed E-state index contributed by atoms with van der Waals surface area (Å²) in [5, 5.41) is 7.42. The van der Waals surface area contributed by atoms with Crippen molar-refractivity contribution in [3.05, 3.63) is 54.1 Å². The van der Waals surface area contributed by atoms with Crippen molar-refractivity contribution in [1.82, 2.24) is 0 Å². The second kappa shape index (κ2) is 9.73. The zero-order valence-corrected chi connectivity index (χ0v) is 16.4. The van der Waals surface area contributed by atoms with E-state index in [4.69, 9.17) is 11.1 Å². The summed E-state index contributed by atoms with van der Waals surface area (Å²) in [6.07, 6.45) is 0.0947. The zero-order valence-electron chi connectivity index (χ0n) is 15.6. The van der Waals surface area contributed by atoms with Gasteiger partial charge in [-0.2, -0.15) is 0 Å². The second-order valence-electron chi connectivity index (χ2n) is 6.12. The van der Waals surface area contributed by atoms with Crippen molar-refractivity contribution in [3.63, 3.8) is 0 Å². The molecule has 0 saturated heterocycles. The van der Waals surface area contributed by atoms with Gasteiger partial charge in [0.25, 0.3) is 0 Å². The van der Waals surface area contributed by atoms with Gasteiger partial charge < -0.3 is 15.4 Å². The first kappa shape index (κ1) is 22.2. The minimum absolute atomic E-state index is 0. The number of methoxy groups -OCH3 is 1. The predicted molar refractivity (Wildman–Crippen MR) is 109 cm³/mol. The van der Waals surface area contributed by atoms with E-state index in [1.165, 1.54) is 12.0 Å². The molecule has 0 aromatic heterocycles. The number of nitrogens with two attached hydrogens (primary N) is 1. The van der Waals surface area contributed by atoms with Crippen LogP contribution in [0.1, 0.15) is 18.9 Å². The number of nitrogens with one attached hydrogen (secondary N) is 1. The van der Waals surface area contributed by atoms with Gasteiger partial charge in [-0.25, -0.2) is 0 Å². The number of esters is 1. The third-order valence-electron chi connectivity index (χ3n) is 4.24. The first-order valence-corrected chi connectivity index (χ1v) is 8.22. The predicted octanol–water partition coefficient (Wildman–Crippen LogP) is 3.22. The molecule has 144 valence electrons. The quantitative estimate of drug-likeness (QED) is 0.450. The molecule has 1 atom stereocenters. The minimum Gasteiger partial charge on any atom is -0.469 e. The molecule has 1 amide bonds. The average molecular weight is 390 g/mol. The van der Waals surface area contributed by atoms with Gasteiger partial charge in [0.1, 0.15) is 5.84 Å². The number of ether oxygens (including phenoxy) is 1. The van der Waals surface area contributed by atoms with Gasteiger partial charge in [0.15, 0.2) is 0 Å². The molecule has 1 unspecified atom stereocenters. The molecule has 0 aliphatic heterocycles. The number of nitrogens with zero attached hydrogens (tertiary/aromatic N) is 1. The molecule has 6 nitrogen and oxygen atoms in total. The normalized spacial score (nSPS) is 11.1. The highest BCUT2D eigenvalue weighted by Gasteiger charge is 2.20. The van der Waals surface area contributed by atoms with Crippen LogP contribution in [0.2, 0.25) is 0 Å². The van der Waals surface area contributed by atoms with Crippen LogP contribution < -0.4 is 10.6 Å². The second-order valence-corrected chi connectivity index (χ2v) is 6.12. The fourth-order valence-corrected chi connectivity index (χ4v) is 2.55. The highest BCUT2D eigenvalue weighted by Crippen LogP contribution is 2.24. The average Bonchev–Trinajstić information content (AvgIpc) is 2.66. The lowest BCUT2D eigenvalue weighted by molar-refractivity contribution is -0.146. The van der Waals surface area contributed by atoms with E-state index in [-0.39, 0.29) is 30.6 Å². The lowest BCUT2D eigenvalue weighted by Crippen LogP contribution is -2.29. The van der Waals surface area contributed by atoms with E-state index in [1.54, 1.807) is 26.1 Å². The summed E-state index contributed by atoms with van der Waals surface area (Å²) in [4.78, 5) is 25.3. The molecule has 0 aliphatic carbocycles. The summed E-state index contributed by atoms with van der Waals surface area (Å²) >= 11 is 0. The molecule has 27 heavy (non-hydrogen) atoms. The molecule has 3 N–H and O–H groups in total. The van der Waals surface area contributed by atoms with Crippen LogP contribution in [0.4, 0.5) is 5.69 Å². The molecular weight excluding hydrogens is 366 g/mol. The van der Waals surface area contributed by atoms with Gasteiger partial charge in [0.2, 0.25) is 5.91 Å². The number of rotatable bonds is 6. The lowest BCUT2D eigenvalue weighted by Gasteiger charge is -2.19. The summed E-state index contributed by atoms with van der Waals surface area (Å²) < 4.78 is 4.66. The Morgan fingerprint density at radius 2 is 1.56 bits per heavy atom. The maximum atomic E-state index is 12.3. The van der Waals surface area contributed by atoms with E-state index in [2.05, 4.69) is 4.74 Å². The standard InChI is InChI=1S/C20H23N3O3.ClH/c1-13(20(25)26-3)12-18(24)23(2)17-10-8-15(9-11-17)14-4-6-16(7-5-14)19(21)22;/h4-11,13H,12H2,1-3H3,(H3,21,22);1H. The Morgan fingerprint density at radius 1 is 1.07 bits per heavy atom. The van der Waals surface area contributed by atoms with Gasteiger partial charge in [0.05, 0.1) is 13.0 Å². The lowest BCUT2D eigenvalue weighted by atomic mass is 10.0. The van der Waals surface area contributed by atoms with Crippen molar-refractivity contribution in [1.29, 1.82) is 5.41 Å². The Hall–Kier alpha value is -2.86. The van der Waals surface area contributed by atoms with Crippen molar-refractivity contribution in [2.24, 2.45) is 11.7 Å². The van der Waals surface area contributed by atoms with E-state index < -0.39 is 11.9 Å². The summed E-state index contributed by atoms with van der Waals surface area (Å²) in [5.41, 5.74) is 8.87.